The van der Waals surface area contributed by atoms with Gasteiger partial charge in [0.25, 0.3) is 5.91 Å². The highest BCUT2D eigenvalue weighted by atomic mass is 16.5. The Morgan fingerprint density at radius 2 is 1.79 bits per heavy atom. The van der Waals surface area contributed by atoms with Crippen molar-refractivity contribution in [1.82, 2.24) is 4.90 Å². The van der Waals surface area contributed by atoms with E-state index in [9.17, 15) is 24.0 Å². The molecule has 0 bridgehead atoms. The molecule has 1 aromatic rings. The van der Waals surface area contributed by atoms with Gasteiger partial charge in [0.05, 0.1) is 17.5 Å². The number of Topliss-reactive ketones (excluding diaryl/α,β-unsaturated/α-hetero) is 1. The molecule has 2 heterocycles. The molecule has 2 aliphatic heterocycles. The number of hydrogen-bond donors (Lipinski definition) is 1. The Morgan fingerprint density at radius 1 is 1.10 bits per heavy atom. The Hall–Kier alpha value is -3.23. The number of nitrogens with one attached hydrogen (secondary N) is 1. The number of imide groups is 1. The van der Waals surface area contributed by atoms with Gasteiger partial charge in [-0.2, -0.15) is 0 Å². The first-order valence-corrected chi connectivity index (χ1v) is 9.55. The monoisotopic (exact) mass is 400 g/mol. The van der Waals surface area contributed by atoms with Gasteiger partial charge >= 0.3 is 5.97 Å². The van der Waals surface area contributed by atoms with Crippen LogP contribution in [0.15, 0.2) is 18.2 Å². The Bertz CT molecular complexity index is 886. The minimum absolute atomic E-state index is 0.0897. The number of likely N-dealkylation sites (tertiary alicyclic amines) is 1. The third kappa shape index (κ3) is 3.72. The van der Waals surface area contributed by atoms with Crippen molar-refractivity contribution in [2.75, 3.05) is 25.1 Å². The molecule has 0 radical (unpaired) electrons. The molecular formula is C20H20N2O7. The van der Waals surface area contributed by atoms with Crippen molar-refractivity contribution < 1.29 is 33.4 Å². The third-order valence-electron chi connectivity index (χ3n) is 5.52. The third-order valence-corrected chi connectivity index (χ3v) is 5.52. The van der Waals surface area contributed by atoms with E-state index in [0.29, 0.717) is 24.3 Å². The average molecular weight is 400 g/mol. The first-order chi connectivity index (χ1) is 13.9. The van der Waals surface area contributed by atoms with Crippen molar-refractivity contribution in [3.63, 3.8) is 0 Å². The number of carbonyl (C=O) groups is 5. The van der Waals surface area contributed by atoms with Crippen molar-refractivity contribution in [3.05, 3.63) is 23.8 Å². The Labute approximate surface area is 166 Å². The van der Waals surface area contributed by atoms with Crippen molar-refractivity contribution >= 4 is 35.2 Å². The minimum Gasteiger partial charge on any atom is -0.482 e. The maximum atomic E-state index is 12.4. The second-order valence-corrected chi connectivity index (χ2v) is 7.39. The molecule has 9 nitrogen and oxygen atoms in total. The molecule has 29 heavy (non-hydrogen) atoms. The van der Waals surface area contributed by atoms with Crippen LogP contribution in [0.25, 0.3) is 0 Å². The van der Waals surface area contributed by atoms with Crippen molar-refractivity contribution in [2.24, 2.45) is 11.8 Å². The first kappa shape index (κ1) is 19.1. The summed E-state index contributed by atoms with van der Waals surface area (Å²) in [6.07, 6.45) is 3.13. The first-order valence-electron chi connectivity index (χ1n) is 9.55. The van der Waals surface area contributed by atoms with E-state index in [0.717, 1.165) is 17.7 Å². The van der Waals surface area contributed by atoms with E-state index >= 15 is 0 Å². The Kier molecular flexibility index (Phi) is 5.04. The zero-order valence-corrected chi connectivity index (χ0v) is 15.6. The number of hydrogen-bond acceptors (Lipinski definition) is 7. The van der Waals surface area contributed by atoms with E-state index in [1.54, 1.807) is 6.07 Å². The lowest BCUT2D eigenvalue weighted by atomic mass is 9.81. The zero-order valence-electron chi connectivity index (χ0n) is 15.6. The molecule has 4 rings (SSSR count). The van der Waals surface area contributed by atoms with Crippen molar-refractivity contribution in [2.45, 2.75) is 25.7 Å². The fraction of sp³-hybridized carbons (Fsp3) is 0.450. The van der Waals surface area contributed by atoms with E-state index in [-0.39, 0.29) is 41.7 Å². The van der Waals surface area contributed by atoms with Crippen LogP contribution in [-0.2, 0) is 23.9 Å². The molecule has 9 heteroatoms. The van der Waals surface area contributed by atoms with E-state index in [1.165, 1.54) is 12.1 Å². The summed E-state index contributed by atoms with van der Waals surface area (Å²) < 4.78 is 10.2. The van der Waals surface area contributed by atoms with Gasteiger partial charge in [0.15, 0.2) is 19.0 Å². The van der Waals surface area contributed by atoms with E-state index < -0.39 is 24.9 Å². The van der Waals surface area contributed by atoms with E-state index in [1.807, 2.05) is 0 Å². The number of anilines is 1. The number of ketones is 1. The van der Waals surface area contributed by atoms with Gasteiger partial charge in [-0.15, -0.1) is 0 Å². The van der Waals surface area contributed by atoms with Crippen LogP contribution in [0, 0.1) is 11.8 Å². The minimum atomic E-state index is -0.812. The molecule has 2 fully saturated rings. The molecule has 0 aromatic heterocycles. The summed E-state index contributed by atoms with van der Waals surface area (Å²) in [7, 11) is 0. The van der Waals surface area contributed by atoms with Crippen LogP contribution in [-0.4, -0.2) is 54.1 Å². The SMILES string of the molecule is O=C1COc2ccc(C(=O)COC(=O)CN3C(=O)[C@@H]4CCCC[C@H]4C3=O)cc2N1. The smallest absolute Gasteiger partial charge is 0.326 e. The number of carbonyl (C=O) groups excluding carboxylic acids is 5. The molecule has 3 aliphatic rings. The number of benzene rings is 1. The van der Waals surface area contributed by atoms with Crippen molar-refractivity contribution in [3.8, 4) is 5.75 Å². The average Bonchev–Trinajstić information content (AvgIpc) is 2.96. The van der Waals surface area contributed by atoms with Crippen LogP contribution in [0.5, 0.6) is 5.75 Å². The summed E-state index contributed by atoms with van der Waals surface area (Å²) in [5, 5.41) is 2.60. The van der Waals surface area contributed by atoms with Crippen molar-refractivity contribution in [1.29, 1.82) is 0 Å². The van der Waals surface area contributed by atoms with Gasteiger partial charge in [-0.25, -0.2) is 0 Å². The fourth-order valence-electron chi connectivity index (χ4n) is 4.05. The highest BCUT2D eigenvalue weighted by molar-refractivity contribution is 6.07. The maximum Gasteiger partial charge on any atom is 0.326 e. The lowest BCUT2D eigenvalue weighted by molar-refractivity contribution is -0.152. The number of nitrogens with zero attached hydrogens (tertiary/aromatic N) is 1. The summed E-state index contributed by atoms with van der Waals surface area (Å²) in [6.45, 7) is -1.10. The molecule has 0 unspecified atom stereocenters. The maximum absolute atomic E-state index is 12.4. The van der Waals surface area contributed by atoms with Gasteiger partial charge in [0, 0.05) is 5.56 Å². The molecule has 152 valence electrons. The van der Waals surface area contributed by atoms with Gasteiger partial charge in [0.1, 0.15) is 12.3 Å². The molecule has 1 aliphatic carbocycles. The Balaban J connectivity index is 1.33. The predicted molar refractivity (Wildman–Crippen MR) is 98.0 cm³/mol. The lowest BCUT2D eigenvalue weighted by Gasteiger charge is -2.19. The van der Waals surface area contributed by atoms with Crippen LogP contribution in [0.2, 0.25) is 0 Å². The standard InChI is InChI=1S/C20H20N2O7/c23-15(11-5-6-16-14(7-11)21-17(24)10-28-16)9-29-18(25)8-22-19(26)12-3-1-2-4-13(12)20(22)27/h5-7,12-13H,1-4,8-10H2,(H,21,24)/t12-,13-/m1/s1. The second kappa shape index (κ2) is 7.65. The van der Waals surface area contributed by atoms with Crippen LogP contribution < -0.4 is 10.1 Å². The lowest BCUT2D eigenvalue weighted by Crippen LogP contribution is -2.37. The molecule has 1 saturated heterocycles. The second-order valence-electron chi connectivity index (χ2n) is 7.39. The van der Waals surface area contributed by atoms with Gasteiger partial charge in [-0.1, -0.05) is 12.8 Å². The van der Waals surface area contributed by atoms with Crippen LogP contribution >= 0.6 is 0 Å². The zero-order chi connectivity index (χ0) is 20.5. The van der Waals surface area contributed by atoms with Crippen LogP contribution in [0.3, 0.4) is 0 Å². The molecule has 2 atom stereocenters. The largest absolute Gasteiger partial charge is 0.482 e. The van der Waals surface area contributed by atoms with Gasteiger partial charge in [-0.3, -0.25) is 28.9 Å². The van der Waals surface area contributed by atoms with Crippen LogP contribution in [0.1, 0.15) is 36.0 Å². The molecular weight excluding hydrogens is 380 g/mol. The van der Waals surface area contributed by atoms with Crippen LogP contribution in [0.4, 0.5) is 5.69 Å². The van der Waals surface area contributed by atoms with Gasteiger partial charge in [-0.05, 0) is 31.0 Å². The van der Waals surface area contributed by atoms with E-state index in [2.05, 4.69) is 5.32 Å². The normalized spacial score (nSPS) is 23.0. The summed E-state index contributed by atoms with van der Waals surface area (Å²) in [5.41, 5.74) is 0.607. The quantitative estimate of drug-likeness (QED) is 0.443. The summed E-state index contributed by atoms with van der Waals surface area (Å²) in [4.78, 5) is 61.5. The number of fused-ring (bicyclic) bond motifs is 2. The molecule has 1 N–H and O–H groups in total. The summed E-state index contributed by atoms with van der Waals surface area (Å²) >= 11 is 0. The predicted octanol–water partition coefficient (Wildman–Crippen LogP) is 0.919. The summed E-state index contributed by atoms with van der Waals surface area (Å²) in [5.74, 6) is -2.49. The van der Waals surface area contributed by atoms with Gasteiger partial charge < -0.3 is 14.8 Å². The molecule has 0 spiro atoms. The number of rotatable bonds is 5. The van der Waals surface area contributed by atoms with Gasteiger partial charge in [0.2, 0.25) is 11.8 Å². The Morgan fingerprint density at radius 3 is 2.48 bits per heavy atom. The number of amides is 3. The summed E-state index contributed by atoms with van der Waals surface area (Å²) in [6, 6.07) is 4.50. The molecule has 3 amide bonds. The topological polar surface area (TPSA) is 119 Å². The fourth-order valence-corrected chi connectivity index (χ4v) is 4.05. The highest BCUT2D eigenvalue weighted by Crippen LogP contribution is 2.37. The molecule has 1 aromatic carbocycles. The molecule has 1 saturated carbocycles. The van der Waals surface area contributed by atoms with E-state index in [4.69, 9.17) is 9.47 Å². The number of ether oxygens (including phenoxy) is 2. The highest BCUT2D eigenvalue weighted by Gasteiger charge is 2.48. The number of esters is 1.